The van der Waals surface area contributed by atoms with Gasteiger partial charge in [0.25, 0.3) is 0 Å². The van der Waals surface area contributed by atoms with Crippen molar-refractivity contribution in [1.82, 2.24) is 0 Å². The molecule has 0 radical (unpaired) electrons. The summed E-state index contributed by atoms with van der Waals surface area (Å²) in [6.07, 6.45) is 1.88. The predicted molar refractivity (Wildman–Crippen MR) is 99.9 cm³/mol. The third-order valence-electron chi connectivity index (χ3n) is 3.78. The number of para-hydroxylation sites is 1. The van der Waals surface area contributed by atoms with Crippen molar-refractivity contribution in [2.24, 2.45) is 0 Å². The summed E-state index contributed by atoms with van der Waals surface area (Å²) in [7, 11) is 0. The van der Waals surface area contributed by atoms with Gasteiger partial charge in [0.05, 0.1) is 13.2 Å². The standard InChI is InChI=1S/C20H26N2O2/c1-4-13-24-18-11-9-17(10-12-18)21-14-19(23)22-20-15(3)7-6-8-16(20)5-2/h6-12,21H,4-5,13-14H2,1-3H3,(H,22,23). The number of hydrogen-bond acceptors (Lipinski definition) is 3. The molecular formula is C20H26N2O2. The molecule has 0 aliphatic carbocycles. The monoisotopic (exact) mass is 326 g/mol. The van der Waals surface area contributed by atoms with Gasteiger partial charge >= 0.3 is 0 Å². The summed E-state index contributed by atoms with van der Waals surface area (Å²) >= 11 is 0. The summed E-state index contributed by atoms with van der Waals surface area (Å²) in [6, 6.07) is 13.7. The van der Waals surface area contributed by atoms with Crippen LogP contribution in [0.15, 0.2) is 42.5 Å². The molecule has 0 aliphatic heterocycles. The molecule has 0 bridgehead atoms. The zero-order valence-corrected chi connectivity index (χ0v) is 14.7. The Hall–Kier alpha value is -2.49. The van der Waals surface area contributed by atoms with Gasteiger partial charge in [0, 0.05) is 11.4 Å². The highest BCUT2D eigenvalue weighted by Gasteiger charge is 2.08. The molecule has 128 valence electrons. The topological polar surface area (TPSA) is 50.4 Å². The molecule has 1 amide bonds. The molecule has 2 aromatic rings. The van der Waals surface area contributed by atoms with Gasteiger partial charge < -0.3 is 15.4 Å². The van der Waals surface area contributed by atoms with E-state index in [2.05, 4.69) is 24.5 Å². The van der Waals surface area contributed by atoms with Crippen LogP contribution in [0.3, 0.4) is 0 Å². The highest BCUT2D eigenvalue weighted by atomic mass is 16.5. The van der Waals surface area contributed by atoms with Crippen LogP contribution in [0.1, 0.15) is 31.4 Å². The van der Waals surface area contributed by atoms with E-state index in [4.69, 9.17) is 4.74 Å². The van der Waals surface area contributed by atoms with E-state index in [0.717, 1.165) is 41.1 Å². The van der Waals surface area contributed by atoms with Crippen molar-refractivity contribution in [3.63, 3.8) is 0 Å². The summed E-state index contributed by atoms with van der Waals surface area (Å²) in [6.45, 7) is 7.12. The van der Waals surface area contributed by atoms with Gasteiger partial charge in [-0.1, -0.05) is 32.0 Å². The Labute approximate surface area is 144 Å². The summed E-state index contributed by atoms with van der Waals surface area (Å²) < 4.78 is 5.55. The van der Waals surface area contributed by atoms with Crippen LogP contribution in [0.5, 0.6) is 5.75 Å². The van der Waals surface area contributed by atoms with E-state index in [9.17, 15) is 4.79 Å². The maximum absolute atomic E-state index is 12.2. The zero-order chi connectivity index (χ0) is 17.4. The van der Waals surface area contributed by atoms with Gasteiger partial charge in [0.2, 0.25) is 5.91 Å². The van der Waals surface area contributed by atoms with Crippen LogP contribution in [0.2, 0.25) is 0 Å². The van der Waals surface area contributed by atoms with Crippen molar-refractivity contribution >= 4 is 17.3 Å². The second-order valence-electron chi connectivity index (χ2n) is 5.74. The van der Waals surface area contributed by atoms with Gasteiger partial charge in [-0.25, -0.2) is 0 Å². The second-order valence-corrected chi connectivity index (χ2v) is 5.74. The van der Waals surface area contributed by atoms with Crippen molar-refractivity contribution in [3.8, 4) is 5.75 Å². The summed E-state index contributed by atoms with van der Waals surface area (Å²) in [5.41, 5.74) is 4.06. The molecule has 0 atom stereocenters. The number of hydrogen-bond donors (Lipinski definition) is 2. The molecule has 0 saturated carbocycles. The fourth-order valence-electron chi connectivity index (χ4n) is 2.46. The Balaban J connectivity index is 1.89. The van der Waals surface area contributed by atoms with E-state index in [0.29, 0.717) is 6.61 Å². The van der Waals surface area contributed by atoms with E-state index in [1.165, 1.54) is 0 Å². The lowest BCUT2D eigenvalue weighted by Gasteiger charge is -2.14. The van der Waals surface area contributed by atoms with Gasteiger partial charge in [0.1, 0.15) is 5.75 Å². The minimum absolute atomic E-state index is 0.0506. The molecular weight excluding hydrogens is 300 g/mol. The van der Waals surface area contributed by atoms with Crippen LogP contribution >= 0.6 is 0 Å². The SMILES string of the molecule is CCCOc1ccc(NCC(=O)Nc2c(C)cccc2CC)cc1. The smallest absolute Gasteiger partial charge is 0.243 e. The second kappa shape index (κ2) is 8.96. The first kappa shape index (κ1) is 17.9. The van der Waals surface area contributed by atoms with Crippen molar-refractivity contribution in [2.45, 2.75) is 33.6 Å². The van der Waals surface area contributed by atoms with Crippen LogP contribution < -0.4 is 15.4 Å². The number of anilines is 2. The molecule has 2 aromatic carbocycles. The maximum atomic E-state index is 12.2. The van der Waals surface area contributed by atoms with Gasteiger partial charge in [-0.3, -0.25) is 4.79 Å². The lowest BCUT2D eigenvalue weighted by Crippen LogP contribution is -2.22. The van der Waals surface area contributed by atoms with Crippen molar-refractivity contribution in [2.75, 3.05) is 23.8 Å². The van der Waals surface area contributed by atoms with Gasteiger partial charge in [0.15, 0.2) is 0 Å². The molecule has 4 nitrogen and oxygen atoms in total. The average Bonchev–Trinajstić information content (AvgIpc) is 2.60. The normalized spacial score (nSPS) is 10.3. The fraction of sp³-hybridized carbons (Fsp3) is 0.350. The molecule has 0 saturated heterocycles. The zero-order valence-electron chi connectivity index (χ0n) is 14.7. The molecule has 0 aliphatic rings. The molecule has 2 N–H and O–H groups in total. The first-order valence-electron chi connectivity index (χ1n) is 8.49. The molecule has 2 rings (SSSR count). The molecule has 0 spiro atoms. The van der Waals surface area contributed by atoms with Crippen LogP contribution in [0.25, 0.3) is 0 Å². The number of carbonyl (C=O) groups is 1. The van der Waals surface area contributed by atoms with Crippen LogP contribution in [0.4, 0.5) is 11.4 Å². The number of ether oxygens (including phenoxy) is 1. The third-order valence-corrected chi connectivity index (χ3v) is 3.78. The van der Waals surface area contributed by atoms with Gasteiger partial charge in [-0.15, -0.1) is 0 Å². The minimum Gasteiger partial charge on any atom is -0.494 e. The van der Waals surface area contributed by atoms with E-state index in [1.807, 2.05) is 49.4 Å². The number of rotatable bonds is 8. The lowest BCUT2D eigenvalue weighted by molar-refractivity contribution is -0.114. The van der Waals surface area contributed by atoms with Crippen molar-refractivity contribution in [1.29, 1.82) is 0 Å². The Morgan fingerprint density at radius 1 is 1.08 bits per heavy atom. The number of amides is 1. The van der Waals surface area contributed by atoms with E-state index < -0.39 is 0 Å². The Kier molecular flexibility index (Phi) is 6.67. The minimum atomic E-state index is -0.0506. The summed E-state index contributed by atoms with van der Waals surface area (Å²) in [5.74, 6) is 0.796. The Morgan fingerprint density at radius 2 is 1.83 bits per heavy atom. The molecule has 24 heavy (non-hydrogen) atoms. The quantitative estimate of drug-likeness (QED) is 0.756. The number of carbonyl (C=O) groups excluding carboxylic acids is 1. The van der Waals surface area contributed by atoms with E-state index >= 15 is 0 Å². The molecule has 0 fully saturated rings. The van der Waals surface area contributed by atoms with Gasteiger partial charge in [-0.2, -0.15) is 0 Å². The number of nitrogens with one attached hydrogen (secondary N) is 2. The van der Waals surface area contributed by atoms with Crippen molar-refractivity contribution in [3.05, 3.63) is 53.6 Å². The Bertz CT molecular complexity index is 666. The maximum Gasteiger partial charge on any atom is 0.243 e. The molecule has 0 aromatic heterocycles. The third kappa shape index (κ3) is 5.01. The highest BCUT2D eigenvalue weighted by molar-refractivity contribution is 5.95. The fourth-order valence-corrected chi connectivity index (χ4v) is 2.46. The molecule has 0 heterocycles. The number of aryl methyl sites for hydroxylation is 2. The van der Waals surface area contributed by atoms with Crippen LogP contribution in [-0.2, 0) is 11.2 Å². The lowest BCUT2D eigenvalue weighted by atomic mass is 10.1. The van der Waals surface area contributed by atoms with Gasteiger partial charge in [-0.05, 0) is 55.2 Å². The van der Waals surface area contributed by atoms with Crippen LogP contribution in [0, 0.1) is 6.92 Å². The van der Waals surface area contributed by atoms with E-state index in [-0.39, 0.29) is 12.5 Å². The first-order chi connectivity index (χ1) is 11.6. The van der Waals surface area contributed by atoms with Crippen molar-refractivity contribution < 1.29 is 9.53 Å². The van der Waals surface area contributed by atoms with E-state index in [1.54, 1.807) is 0 Å². The highest BCUT2D eigenvalue weighted by Crippen LogP contribution is 2.21. The largest absolute Gasteiger partial charge is 0.494 e. The number of benzene rings is 2. The summed E-state index contributed by atoms with van der Waals surface area (Å²) in [4.78, 5) is 12.2. The van der Waals surface area contributed by atoms with Crippen LogP contribution in [-0.4, -0.2) is 19.1 Å². The molecule has 4 heteroatoms. The summed E-state index contributed by atoms with van der Waals surface area (Å²) in [5, 5.41) is 6.15. The molecule has 0 unspecified atom stereocenters. The predicted octanol–water partition coefficient (Wildman–Crippen LogP) is 4.40. The first-order valence-corrected chi connectivity index (χ1v) is 8.49. The average molecular weight is 326 g/mol. The Morgan fingerprint density at radius 3 is 2.50 bits per heavy atom.